The lowest BCUT2D eigenvalue weighted by molar-refractivity contribution is -0.132. The molecule has 2 aromatic carbocycles. The average molecular weight is 477 g/mol. The van der Waals surface area contributed by atoms with Crippen molar-refractivity contribution in [1.29, 1.82) is 0 Å². The third-order valence-electron chi connectivity index (χ3n) is 7.56. The lowest BCUT2D eigenvalue weighted by Gasteiger charge is -2.35. The van der Waals surface area contributed by atoms with Gasteiger partial charge in [-0.25, -0.2) is 0 Å². The van der Waals surface area contributed by atoms with Crippen LogP contribution < -0.4 is 9.64 Å². The zero-order chi connectivity index (χ0) is 24.7. The van der Waals surface area contributed by atoms with Crippen LogP contribution in [0, 0.1) is 0 Å². The Labute approximate surface area is 206 Å². The summed E-state index contributed by atoms with van der Waals surface area (Å²) in [6, 6.07) is 15.3. The van der Waals surface area contributed by atoms with Crippen LogP contribution in [0.5, 0.6) is 5.75 Å². The summed E-state index contributed by atoms with van der Waals surface area (Å²) in [7, 11) is 5.26. The lowest BCUT2D eigenvalue weighted by atomic mass is 9.72. The Balaban J connectivity index is 1.68. The summed E-state index contributed by atoms with van der Waals surface area (Å²) in [6.07, 6.45) is 1.26. The van der Waals surface area contributed by atoms with Gasteiger partial charge in [-0.15, -0.1) is 0 Å². The van der Waals surface area contributed by atoms with Crippen molar-refractivity contribution in [2.75, 3.05) is 58.8 Å². The number of fused-ring (bicyclic) bond motifs is 6. The number of benzene rings is 2. The Morgan fingerprint density at radius 3 is 2.71 bits per heavy atom. The second-order valence-electron chi connectivity index (χ2n) is 9.88. The van der Waals surface area contributed by atoms with Crippen molar-refractivity contribution in [2.24, 2.45) is 0 Å². The van der Waals surface area contributed by atoms with Crippen molar-refractivity contribution in [2.45, 2.75) is 24.3 Å². The van der Waals surface area contributed by atoms with Crippen molar-refractivity contribution in [3.8, 4) is 5.75 Å². The summed E-state index contributed by atoms with van der Waals surface area (Å²) in [4.78, 5) is 47.2. The molecule has 184 valence electrons. The van der Waals surface area contributed by atoms with Crippen LogP contribution in [0.15, 0.2) is 48.5 Å². The number of hydrogen-bond donors (Lipinski definition) is 0. The van der Waals surface area contributed by atoms with E-state index in [-0.39, 0.29) is 36.9 Å². The van der Waals surface area contributed by atoms with Gasteiger partial charge in [0.15, 0.2) is 0 Å². The second kappa shape index (κ2) is 9.00. The van der Waals surface area contributed by atoms with E-state index in [0.29, 0.717) is 32.5 Å². The number of ether oxygens (including phenoxy) is 1. The number of nitrogens with zero attached hydrogens (tertiary/aromatic N) is 4. The average Bonchev–Trinajstić information content (AvgIpc) is 3.33. The quantitative estimate of drug-likeness (QED) is 0.664. The first-order valence-corrected chi connectivity index (χ1v) is 12.2. The molecule has 5 rings (SSSR count). The minimum atomic E-state index is -0.884. The molecule has 3 aliphatic rings. The molecule has 0 N–H and O–H groups in total. The maximum atomic E-state index is 14.4. The molecule has 1 saturated heterocycles. The van der Waals surface area contributed by atoms with Crippen LogP contribution in [-0.4, -0.2) is 86.4 Å². The number of likely N-dealkylation sites (tertiary alicyclic amines) is 1. The summed E-state index contributed by atoms with van der Waals surface area (Å²) < 4.78 is 6.02. The van der Waals surface area contributed by atoms with Crippen LogP contribution in [0.25, 0.3) is 0 Å². The molecule has 1 spiro atoms. The molecule has 0 unspecified atom stereocenters. The number of carbonyl (C=O) groups excluding carboxylic acids is 3. The van der Waals surface area contributed by atoms with Gasteiger partial charge in [0.05, 0.1) is 24.6 Å². The van der Waals surface area contributed by atoms with E-state index in [1.807, 2.05) is 48.5 Å². The summed E-state index contributed by atoms with van der Waals surface area (Å²) in [5.74, 6) is 0.537. The number of hydrogen-bond acceptors (Lipinski definition) is 5. The zero-order valence-corrected chi connectivity index (χ0v) is 20.6. The fraction of sp³-hybridized carbons (Fsp3) is 0.444. The highest BCUT2D eigenvalue weighted by atomic mass is 16.5. The molecule has 0 radical (unpaired) electrons. The number of para-hydroxylation sites is 1. The normalized spacial score (nSPS) is 24.5. The topological polar surface area (TPSA) is 73.4 Å². The van der Waals surface area contributed by atoms with Crippen LogP contribution >= 0.6 is 0 Å². The molecule has 2 atom stereocenters. The molecule has 3 heterocycles. The van der Waals surface area contributed by atoms with Gasteiger partial charge in [-0.05, 0) is 42.2 Å². The summed E-state index contributed by atoms with van der Waals surface area (Å²) in [5, 5.41) is 0. The molecule has 0 aromatic heterocycles. The van der Waals surface area contributed by atoms with Crippen LogP contribution in [0.1, 0.15) is 30.0 Å². The largest absolute Gasteiger partial charge is 0.494 e. The molecule has 2 aromatic rings. The van der Waals surface area contributed by atoms with Crippen LogP contribution in [0.4, 0.5) is 5.69 Å². The van der Waals surface area contributed by atoms with E-state index in [0.717, 1.165) is 22.6 Å². The van der Waals surface area contributed by atoms with Gasteiger partial charge in [0.2, 0.25) is 17.7 Å². The van der Waals surface area contributed by atoms with Gasteiger partial charge in [-0.1, -0.05) is 30.3 Å². The van der Waals surface area contributed by atoms with Gasteiger partial charge in [0.25, 0.3) is 0 Å². The molecular formula is C27H32N4O4. The van der Waals surface area contributed by atoms with Crippen molar-refractivity contribution < 1.29 is 19.1 Å². The Hall–Kier alpha value is -3.39. The molecule has 0 aliphatic carbocycles. The highest BCUT2D eigenvalue weighted by Gasteiger charge is 2.61. The maximum absolute atomic E-state index is 14.4. The van der Waals surface area contributed by atoms with Gasteiger partial charge in [-0.2, -0.15) is 0 Å². The number of likely N-dealkylation sites (N-methyl/N-ethyl adjacent to an activating group) is 2. The minimum absolute atomic E-state index is 0.00165. The SMILES string of the molecule is CN(C)C(=O)CN1CC[C@]23C(=O)N(CC(=O)N(C)CCCOc4cccc(c4)[C@H]12)c1ccccc13. The van der Waals surface area contributed by atoms with E-state index in [1.165, 1.54) is 0 Å². The fourth-order valence-corrected chi connectivity index (χ4v) is 5.74. The first-order valence-electron chi connectivity index (χ1n) is 12.2. The number of amides is 3. The summed E-state index contributed by atoms with van der Waals surface area (Å²) in [6.45, 7) is 1.84. The van der Waals surface area contributed by atoms with E-state index in [9.17, 15) is 14.4 Å². The first kappa shape index (κ1) is 23.4. The van der Waals surface area contributed by atoms with Crippen LogP contribution in [0.2, 0.25) is 0 Å². The molecule has 35 heavy (non-hydrogen) atoms. The summed E-state index contributed by atoms with van der Waals surface area (Å²) >= 11 is 0. The van der Waals surface area contributed by atoms with Gasteiger partial charge < -0.3 is 19.4 Å². The van der Waals surface area contributed by atoms with Crippen molar-refractivity contribution in [3.63, 3.8) is 0 Å². The number of rotatable bonds is 2. The molecule has 3 amide bonds. The van der Waals surface area contributed by atoms with Gasteiger partial charge in [0.1, 0.15) is 12.3 Å². The number of carbonyl (C=O) groups is 3. The zero-order valence-electron chi connectivity index (χ0n) is 20.6. The Morgan fingerprint density at radius 2 is 1.91 bits per heavy atom. The smallest absolute Gasteiger partial charge is 0.242 e. The third-order valence-corrected chi connectivity index (χ3v) is 7.56. The van der Waals surface area contributed by atoms with Crippen LogP contribution in [0.3, 0.4) is 0 Å². The Morgan fingerprint density at radius 1 is 1.11 bits per heavy atom. The predicted octanol–water partition coefficient (Wildman–Crippen LogP) is 2.05. The van der Waals surface area contributed by atoms with E-state index >= 15 is 0 Å². The summed E-state index contributed by atoms with van der Waals surface area (Å²) in [5.41, 5.74) is 1.76. The second-order valence-corrected chi connectivity index (χ2v) is 9.88. The van der Waals surface area contributed by atoms with E-state index < -0.39 is 5.41 Å². The lowest BCUT2D eigenvalue weighted by Crippen LogP contribution is -2.48. The fourth-order valence-electron chi connectivity index (χ4n) is 5.74. The van der Waals surface area contributed by atoms with E-state index in [4.69, 9.17) is 4.74 Å². The van der Waals surface area contributed by atoms with E-state index in [2.05, 4.69) is 4.90 Å². The maximum Gasteiger partial charge on any atom is 0.242 e. The molecule has 8 heteroatoms. The van der Waals surface area contributed by atoms with Crippen LogP contribution in [-0.2, 0) is 19.8 Å². The molecule has 3 aliphatic heterocycles. The van der Waals surface area contributed by atoms with Gasteiger partial charge >= 0.3 is 0 Å². The highest BCUT2D eigenvalue weighted by Crippen LogP contribution is 2.56. The number of anilines is 1. The first-order chi connectivity index (χ1) is 16.8. The van der Waals surface area contributed by atoms with Gasteiger partial charge in [-0.3, -0.25) is 19.3 Å². The van der Waals surface area contributed by atoms with Gasteiger partial charge in [0, 0.05) is 39.9 Å². The molecule has 1 fully saturated rings. The Kier molecular flexibility index (Phi) is 6.01. The van der Waals surface area contributed by atoms with Crippen molar-refractivity contribution in [1.82, 2.24) is 14.7 Å². The molecule has 4 bridgehead atoms. The molecule has 8 nitrogen and oxygen atoms in total. The standard InChI is InChI=1S/C27H32N4O4/c1-28(2)23(32)17-30-14-12-27-21-10-4-5-11-22(21)31(26(27)34)18-24(33)29(3)13-7-15-35-20-9-6-8-19(16-20)25(27)30/h4-6,8-11,16,25H,7,12-15,17-18H2,1-3H3/t25-,27+/m0/s1. The molecular weight excluding hydrogens is 444 g/mol. The molecule has 0 saturated carbocycles. The monoisotopic (exact) mass is 476 g/mol. The predicted molar refractivity (Wildman–Crippen MR) is 132 cm³/mol. The minimum Gasteiger partial charge on any atom is -0.494 e. The van der Waals surface area contributed by atoms with Crippen molar-refractivity contribution >= 4 is 23.4 Å². The van der Waals surface area contributed by atoms with E-state index in [1.54, 1.807) is 35.8 Å². The Bertz CT molecular complexity index is 1170. The third kappa shape index (κ3) is 3.86. The highest BCUT2D eigenvalue weighted by molar-refractivity contribution is 6.11. The van der Waals surface area contributed by atoms with Crippen molar-refractivity contribution in [3.05, 3.63) is 59.7 Å².